The van der Waals surface area contributed by atoms with Crippen LogP contribution < -0.4 is 0 Å². The van der Waals surface area contributed by atoms with Crippen molar-refractivity contribution in [2.24, 2.45) is 11.8 Å². The van der Waals surface area contributed by atoms with E-state index in [0.29, 0.717) is 12.2 Å². The number of fused-ring (bicyclic) bond motifs is 2. The Morgan fingerprint density at radius 1 is 1.00 bits per heavy atom. The Balaban J connectivity index is 2.15. The van der Waals surface area contributed by atoms with Crippen LogP contribution in [-0.4, -0.2) is 12.2 Å². The molecule has 2 bridgehead atoms. The molecule has 0 spiro atoms. The van der Waals surface area contributed by atoms with Crippen molar-refractivity contribution in [3.05, 3.63) is 0 Å². The molecular formula is C8H14O. The summed E-state index contributed by atoms with van der Waals surface area (Å²) >= 11 is 0. The Labute approximate surface area is 56.4 Å². The lowest BCUT2D eigenvalue weighted by molar-refractivity contribution is 0.0897. The Hall–Kier alpha value is -0.0400. The molecule has 0 aliphatic carbocycles. The highest BCUT2D eigenvalue weighted by atomic mass is 16.5. The van der Waals surface area contributed by atoms with Crippen molar-refractivity contribution in [1.29, 1.82) is 0 Å². The highest BCUT2D eigenvalue weighted by Gasteiger charge is 2.43. The third-order valence-electron chi connectivity index (χ3n) is 3.09. The van der Waals surface area contributed by atoms with E-state index in [2.05, 4.69) is 13.8 Å². The average Bonchev–Trinajstić information content (AvgIpc) is 2.37. The minimum absolute atomic E-state index is 0.616. The van der Waals surface area contributed by atoms with Gasteiger partial charge < -0.3 is 4.74 Å². The molecule has 1 heteroatoms. The van der Waals surface area contributed by atoms with Crippen molar-refractivity contribution in [2.75, 3.05) is 0 Å². The van der Waals surface area contributed by atoms with E-state index < -0.39 is 0 Å². The quantitative estimate of drug-likeness (QED) is 0.481. The predicted molar refractivity (Wildman–Crippen MR) is 36.2 cm³/mol. The second kappa shape index (κ2) is 1.72. The van der Waals surface area contributed by atoms with Gasteiger partial charge in [0.1, 0.15) is 0 Å². The van der Waals surface area contributed by atoms with Crippen LogP contribution in [0.25, 0.3) is 0 Å². The van der Waals surface area contributed by atoms with Gasteiger partial charge in [-0.1, -0.05) is 13.8 Å². The van der Waals surface area contributed by atoms with Crippen LogP contribution in [0, 0.1) is 11.8 Å². The molecule has 9 heavy (non-hydrogen) atoms. The van der Waals surface area contributed by atoms with Crippen molar-refractivity contribution in [3.63, 3.8) is 0 Å². The van der Waals surface area contributed by atoms with Gasteiger partial charge in [0.05, 0.1) is 12.2 Å². The first-order valence-corrected chi connectivity index (χ1v) is 3.94. The molecule has 2 fully saturated rings. The van der Waals surface area contributed by atoms with Gasteiger partial charge in [0.25, 0.3) is 0 Å². The molecule has 1 nitrogen and oxygen atoms in total. The molecule has 52 valence electrons. The molecule has 0 amide bonds. The second-order valence-electron chi connectivity index (χ2n) is 3.51. The smallest absolute Gasteiger partial charge is 0.0609 e. The standard InChI is InChI=1S/C8H14O/c1-5-6(2)8-4-3-7(5)9-8/h5-8H,3-4H2,1-2H3. The van der Waals surface area contributed by atoms with Crippen LogP contribution >= 0.6 is 0 Å². The summed E-state index contributed by atoms with van der Waals surface area (Å²) in [7, 11) is 0. The number of hydrogen-bond donors (Lipinski definition) is 0. The van der Waals surface area contributed by atoms with Crippen LogP contribution in [0.2, 0.25) is 0 Å². The Kier molecular flexibility index (Phi) is 1.10. The fourth-order valence-electron chi connectivity index (χ4n) is 2.14. The zero-order valence-corrected chi connectivity index (χ0v) is 6.13. The van der Waals surface area contributed by atoms with Gasteiger partial charge in [-0.25, -0.2) is 0 Å². The van der Waals surface area contributed by atoms with E-state index in [0.717, 1.165) is 11.8 Å². The second-order valence-corrected chi connectivity index (χ2v) is 3.51. The maximum absolute atomic E-state index is 5.70. The van der Waals surface area contributed by atoms with E-state index >= 15 is 0 Å². The van der Waals surface area contributed by atoms with Crippen molar-refractivity contribution >= 4 is 0 Å². The third-order valence-corrected chi connectivity index (χ3v) is 3.09. The summed E-state index contributed by atoms with van der Waals surface area (Å²) in [6.45, 7) is 4.63. The zero-order chi connectivity index (χ0) is 6.43. The van der Waals surface area contributed by atoms with Crippen LogP contribution in [0.5, 0.6) is 0 Å². The average molecular weight is 126 g/mol. The monoisotopic (exact) mass is 126 g/mol. The molecule has 0 radical (unpaired) electrons. The van der Waals surface area contributed by atoms with Gasteiger partial charge in [0.2, 0.25) is 0 Å². The lowest BCUT2D eigenvalue weighted by Crippen LogP contribution is -2.21. The molecule has 0 aromatic rings. The van der Waals surface area contributed by atoms with Crippen LogP contribution in [-0.2, 0) is 4.74 Å². The lowest BCUT2D eigenvalue weighted by Gasteiger charge is -2.19. The van der Waals surface area contributed by atoms with E-state index in [1.165, 1.54) is 12.8 Å². The number of ether oxygens (including phenoxy) is 1. The molecule has 2 aliphatic rings. The summed E-state index contributed by atoms with van der Waals surface area (Å²) in [5.41, 5.74) is 0. The summed E-state index contributed by atoms with van der Waals surface area (Å²) in [5, 5.41) is 0. The van der Waals surface area contributed by atoms with E-state index in [-0.39, 0.29) is 0 Å². The van der Waals surface area contributed by atoms with Crippen LogP contribution in [0.15, 0.2) is 0 Å². The number of hydrogen-bond acceptors (Lipinski definition) is 1. The van der Waals surface area contributed by atoms with Crippen LogP contribution in [0.1, 0.15) is 26.7 Å². The van der Waals surface area contributed by atoms with Crippen LogP contribution in [0.3, 0.4) is 0 Å². The zero-order valence-electron chi connectivity index (χ0n) is 6.13. The Morgan fingerprint density at radius 2 is 1.44 bits per heavy atom. The van der Waals surface area contributed by atoms with E-state index in [1.807, 2.05) is 0 Å². The van der Waals surface area contributed by atoms with Gasteiger partial charge in [-0.2, -0.15) is 0 Å². The van der Waals surface area contributed by atoms with E-state index in [9.17, 15) is 0 Å². The van der Waals surface area contributed by atoms with Gasteiger partial charge in [-0.3, -0.25) is 0 Å². The first kappa shape index (κ1) is 5.72. The first-order valence-electron chi connectivity index (χ1n) is 3.94. The molecule has 4 unspecified atom stereocenters. The molecule has 2 saturated heterocycles. The molecule has 4 atom stereocenters. The molecule has 0 N–H and O–H groups in total. The van der Waals surface area contributed by atoms with Gasteiger partial charge in [0, 0.05) is 0 Å². The summed E-state index contributed by atoms with van der Waals surface area (Å²) < 4.78 is 5.70. The highest BCUT2D eigenvalue weighted by molar-refractivity contribution is 4.91. The normalized spacial score (nSPS) is 56.7. The largest absolute Gasteiger partial charge is 0.374 e. The molecule has 2 heterocycles. The molecule has 0 aromatic heterocycles. The molecule has 2 aliphatic heterocycles. The van der Waals surface area contributed by atoms with Crippen molar-refractivity contribution < 1.29 is 4.74 Å². The Morgan fingerprint density at radius 3 is 1.67 bits per heavy atom. The number of rotatable bonds is 0. The molecular weight excluding hydrogens is 112 g/mol. The maximum Gasteiger partial charge on any atom is 0.0609 e. The Bertz CT molecular complexity index is 104. The molecule has 2 rings (SSSR count). The van der Waals surface area contributed by atoms with Gasteiger partial charge in [-0.05, 0) is 24.7 Å². The fraction of sp³-hybridized carbons (Fsp3) is 1.00. The van der Waals surface area contributed by atoms with Gasteiger partial charge >= 0.3 is 0 Å². The van der Waals surface area contributed by atoms with Crippen LogP contribution in [0.4, 0.5) is 0 Å². The van der Waals surface area contributed by atoms with Gasteiger partial charge in [-0.15, -0.1) is 0 Å². The maximum atomic E-state index is 5.70. The van der Waals surface area contributed by atoms with E-state index in [1.54, 1.807) is 0 Å². The summed E-state index contributed by atoms with van der Waals surface area (Å²) in [6.07, 6.45) is 3.86. The van der Waals surface area contributed by atoms with E-state index in [4.69, 9.17) is 4.74 Å². The van der Waals surface area contributed by atoms with Crippen molar-refractivity contribution in [2.45, 2.75) is 38.9 Å². The summed E-state index contributed by atoms with van der Waals surface area (Å²) in [6, 6.07) is 0. The fourth-order valence-corrected chi connectivity index (χ4v) is 2.14. The summed E-state index contributed by atoms with van der Waals surface area (Å²) in [4.78, 5) is 0. The van der Waals surface area contributed by atoms with Crippen molar-refractivity contribution in [3.8, 4) is 0 Å². The SMILES string of the molecule is CC1C2CCC(O2)C1C. The topological polar surface area (TPSA) is 9.23 Å². The minimum atomic E-state index is 0.616. The molecule has 0 aromatic carbocycles. The summed E-state index contributed by atoms with van der Waals surface area (Å²) in [5.74, 6) is 1.65. The van der Waals surface area contributed by atoms with Crippen molar-refractivity contribution in [1.82, 2.24) is 0 Å². The molecule has 0 saturated carbocycles. The highest BCUT2D eigenvalue weighted by Crippen LogP contribution is 2.42. The van der Waals surface area contributed by atoms with Gasteiger partial charge in [0.15, 0.2) is 0 Å². The third kappa shape index (κ3) is 0.644. The minimum Gasteiger partial charge on any atom is -0.374 e. The first-order chi connectivity index (χ1) is 4.29. The lowest BCUT2D eigenvalue weighted by atomic mass is 9.82. The predicted octanol–water partition coefficient (Wildman–Crippen LogP) is 1.82.